The van der Waals surface area contributed by atoms with Crippen molar-refractivity contribution in [3.63, 3.8) is 0 Å². The first-order valence-electron chi connectivity index (χ1n) is 15.0. The van der Waals surface area contributed by atoms with Crippen molar-refractivity contribution in [3.8, 4) is 28.1 Å². The van der Waals surface area contributed by atoms with Gasteiger partial charge in [0.25, 0.3) is 5.92 Å². The van der Waals surface area contributed by atoms with Crippen LogP contribution in [0.2, 0.25) is 5.02 Å². The highest BCUT2D eigenvalue weighted by Gasteiger charge is 2.46. The van der Waals surface area contributed by atoms with Crippen molar-refractivity contribution < 1.29 is 58.6 Å². The molecule has 274 valence electrons. The van der Waals surface area contributed by atoms with Crippen LogP contribution in [0.1, 0.15) is 45.8 Å². The molecule has 2 fully saturated rings. The second-order valence-electron chi connectivity index (χ2n) is 12.0. The van der Waals surface area contributed by atoms with Crippen molar-refractivity contribution in [1.29, 1.82) is 0 Å². The van der Waals surface area contributed by atoms with Crippen LogP contribution in [0.15, 0.2) is 48.8 Å². The Bertz CT molecular complexity index is 2040. The van der Waals surface area contributed by atoms with Gasteiger partial charge in [0, 0.05) is 34.6 Å². The number of alkyl halides is 8. The second-order valence-corrected chi connectivity index (χ2v) is 12.4. The van der Waals surface area contributed by atoms with Crippen molar-refractivity contribution in [2.24, 2.45) is 0 Å². The maximum atomic E-state index is 15.6. The normalized spacial score (nSPS) is 18.7. The second kappa shape index (κ2) is 13.1. The smallest absolute Gasteiger partial charge is 0.416 e. The van der Waals surface area contributed by atoms with Crippen LogP contribution >= 0.6 is 11.6 Å². The lowest BCUT2D eigenvalue weighted by Gasteiger charge is -2.38. The number of ether oxygens (including phenoxy) is 2. The van der Waals surface area contributed by atoms with E-state index in [9.17, 15) is 44.7 Å². The minimum Gasteiger partial charge on any atom is -0.493 e. The molecule has 4 heterocycles. The Morgan fingerprint density at radius 1 is 0.981 bits per heavy atom. The summed E-state index contributed by atoms with van der Waals surface area (Å²) in [7, 11) is 1.15. The fourth-order valence-corrected chi connectivity index (χ4v) is 6.17. The van der Waals surface area contributed by atoms with Gasteiger partial charge in [0.05, 0.1) is 60.3 Å². The Balaban J connectivity index is 1.44. The molecule has 0 spiro atoms. The van der Waals surface area contributed by atoms with E-state index in [1.54, 1.807) is 0 Å². The third-order valence-electron chi connectivity index (χ3n) is 8.44. The van der Waals surface area contributed by atoms with Gasteiger partial charge in [0.15, 0.2) is 17.9 Å². The largest absolute Gasteiger partial charge is 0.493 e. The van der Waals surface area contributed by atoms with Crippen LogP contribution in [0.4, 0.5) is 50.3 Å². The van der Waals surface area contributed by atoms with Crippen LogP contribution in [-0.2, 0) is 23.6 Å². The van der Waals surface area contributed by atoms with E-state index in [1.807, 2.05) is 0 Å². The molecular weight excluding hydrogens is 737 g/mol. The number of hydrogen-bond donors (Lipinski definition) is 0. The molecule has 2 aromatic carbocycles. The van der Waals surface area contributed by atoms with Gasteiger partial charge in [-0.1, -0.05) is 11.6 Å². The zero-order valence-corrected chi connectivity index (χ0v) is 27.4. The van der Waals surface area contributed by atoms with Gasteiger partial charge in [-0.15, -0.1) is 0 Å². The van der Waals surface area contributed by atoms with Gasteiger partial charge in [-0.25, -0.2) is 27.9 Å². The van der Waals surface area contributed by atoms with E-state index in [0.717, 1.165) is 29.2 Å². The fraction of sp³-hybridized carbons (Fsp3) is 0.303. The predicted octanol–water partition coefficient (Wildman–Crippen LogP) is 8.39. The molecule has 2 aliphatic heterocycles. The number of carbonyl (C=O) groups is 2. The van der Waals surface area contributed by atoms with Gasteiger partial charge in [0.2, 0.25) is 5.95 Å². The first-order chi connectivity index (χ1) is 24.3. The van der Waals surface area contributed by atoms with E-state index in [0.29, 0.717) is 18.4 Å². The molecule has 52 heavy (non-hydrogen) atoms. The molecule has 2 unspecified atom stereocenters. The number of halogens is 10. The topological polar surface area (TPSA) is 97.8 Å². The number of carbonyl (C=O) groups excluding carboxylic acids is 2. The van der Waals surface area contributed by atoms with E-state index >= 15 is 4.39 Å². The van der Waals surface area contributed by atoms with Crippen LogP contribution in [0.5, 0.6) is 5.75 Å². The standard InChI is InChI=1S/C33H23ClF9N5O4/c1-15-27(18-4-19(32(38,39)40)8-20(5-18)33(41,42)43)52-30(50)48(15)11-25-22(10-45-29(46-25)47-13-31(36,37)14-47)21-6-17(7-24(35)28(21)51-2)26-23(34)3-16(12-49)9-44-26/h3-10,12,15,27H,11,13-14H2,1-2H3. The molecule has 2 saturated heterocycles. The Kier molecular flexibility index (Phi) is 9.25. The van der Waals surface area contributed by atoms with Gasteiger partial charge in [-0.05, 0) is 48.9 Å². The van der Waals surface area contributed by atoms with E-state index < -0.39 is 78.7 Å². The summed E-state index contributed by atoms with van der Waals surface area (Å²) in [5.74, 6) is -4.53. The number of benzene rings is 2. The van der Waals surface area contributed by atoms with Gasteiger partial charge in [0.1, 0.15) is 6.10 Å². The fourth-order valence-electron chi connectivity index (χ4n) is 5.89. The van der Waals surface area contributed by atoms with Crippen molar-refractivity contribution in [3.05, 3.63) is 87.6 Å². The number of aldehydes is 1. The first-order valence-corrected chi connectivity index (χ1v) is 15.4. The molecule has 1 amide bonds. The lowest BCUT2D eigenvalue weighted by molar-refractivity contribution is -0.143. The number of pyridine rings is 1. The average molecular weight is 760 g/mol. The number of nitrogens with zero attached hydrogens (tertiary/aromatic N) is 5. The molecular formula is C33H23ClF9N5O4. The maximum absolute atomic E-state index is 15.6. The summed E-state index contributed by atoms with van der Waals surface area (Å²) in [4.78, 5) is 39.2. The highest BCUT2D eigenvalue weighted by atomic mass is 35.5. The first kappa shape index (κ1) is 36.7. The SMILES string of the molecule is COc1c(F)cc(-c2ncc(C=O)cc2Cl)cc1-c1cnc(N2CC(F)(F)C2)nc1CN1C(=O)OC(c2cc(C(F)(F)F)cc(C(F)(F)F)c2)C1C. The molecule has 2 aliphatic rings. The maximum Gasteiger partial charge on any atom is 0.416 e. The molecule has 19 heteroatoms. The van der Waals surface area contributed by atoms with Crippen molar-refractivity contribution >= 4 is 29.9 Å². The molecule has 2 aromatic heterocycles. The summed E-state index contributed by atoms with van der Waals surface area (Å²) < 4.78 is 136. The molecule has 9 nitrogen and oxygen atoms in total. The van der Waals surface area contributed by atoms with Crippen molar-refractivity contribution in [2.45, 2.75) is 43.9 Å². The lowest BCUT2D eigenvalue weighted by atomic mass is 9.97. The van der Waals surface area contributed by atoms with Crippen molar-refractivity contribution in [1.82, 2.24) is 19.9 Å². The Hall–Kier alpha value is -5.13. The molecule has 0 radical (unpaired) electrons. The molecule has 0 saturated carbocycles. The Labute approximate surface area is 292 Å². The molecule has 2 atom stereocenters. The van der Waals surface area contributed by atoms with Crippen LogP contribution in [-0.4, -0.2) is 64.4 Å². The molecule has 0 bridgehead atoms. The number of aromatic nitrogens is 3. The zero-order chi connectivity index (χ0) is 37.9. The number of hydrogen-bond acceptors (Lipinski definition) is 8. The van der Waals surface area contributed by atoms with Crippen LogP contribution in [0, 0.1) is 5.82 Å². The molecule has 6 rings (SSSR count). The zero-order valence-electron chi connectivity index (χ0n) is 26.6. The summed E-state index contributed by atoms with van der Waals surface area (Å²) in [6, 6.07) is 3.35. The lowest BCUT2D eigenvalue weighted by Crippen LogP contribution is -2.57. The summed E-state index contributed by atoms with van der Waals surface area (Å²) in [5, 5.41) is -0.0198. The third kappa shape index (κ3) is 7.03. The van der Waals surface area contributed by atoms with Gasteiger partial charge in [-0.3, -0.25) is 14.7 Å². The van der Waals surface area contributed by atoms with E-state index in [4.69, 9.17) is 21.1 Å². The van der Waals surface area contributed by atoms with Gasteiger partial charge in [-0.2, -0.15) is 26.3 Å². The minimum atomic E-state index is -5.17. The highest BCUT2D eigenvalue weighted by molar-refractivity contribution is 6.33. The van der Waals surface area contributed by atoms with E-state index in [1.165, 1.54) is 25.3 Å². The van der Waals surface area contributed by atoms with Gasteiger partial charge < -0.3 is 14.4 Å². The number of cyclic esters (lactones) is 1. The predicted molar refractivity (Wildman–Crippen MR) is 165 cm³/mol. The van der Waals surface area contributed by atoms with E-state index in [2.05, 4.69) is 15.0 Å². The number of rotatable bonds is 8. The highest BCUT2D eigenvalue weighted by Crippen LogP contribution is 2.43. The summed E-state index contributed by atoms with van der Waals surface area (Å²) >= 11 is 6.33. The quantitative estimate of drug-likeness (QED) is 0.131. The monoisotopic (exact) mass is 759 g/mol. The molecule has 0 N–H and O–H groups in total. The number of anilines is 1. The van der Waals surface area contributed by atoms with Crippen LogP contribution in [0.25, 0.3) is 22.4 Å². The van der Waals surface area contributed by atoms with Crippen molar-refractivity contribution in [2.75, 3.05) is 25.1 Å². The average Bonchev–Trinajstić information content (AvgIpc) is 3.34. The van der Waals surface area contributed by atoms with Gasteiger partial charge >= 0.3 is 18.4 Å². The molecule has 4 aromatic rings. The Morgan fingerprint density at radius 2 is 1.63 bits per heavy atom. The van der Waals surface area contributed by atoms with E-state index in [-0.39, 0.29) is 56.4 Å². The molecule has 0 aliphatic carbocycles. The minimum absolute atomic E-state index is 0.00357. The van der Waals surface area contributed by atoms with Crippen LogP contribution < -0.4 is 9.64 Å². The third-order valence-corrected chi connectivity index (χ3v) is 8.73. The number of amides is 1. The summed E-state index contributed by atoms with van der Waals surface area (Å²) in [6.07, 6.45) is -10.2. The Morgan fingerprint density at radius 3 is 2.19 bits per heavy atom. The number of methoxy groups -OCH3 is 1. The summed E-state index contributed by atoms with van der Waals surface area (Å²) in [6.45, 7) is -0.736. The summed E-state index contributed by atoms with van der Waals surface area (Å²) in [5.41, 5.74) is -3.67. The van der Waals surface area contributed by atoms with Crippen LogP contribution in [0.3, 0.4) is 0 Å².